The third-order valence-electron chi connectivity index (χ3n) is 4.59. The molecule has 1 aromatic heterocycles. The average Bonchev–Trinajstić information content (AvgIpc) is 2.64. The second-order valence-corrected chi connectivity index (χ2v) is 8.00. The molecule has 146 valence electrons. The fourth-order valence-corrected chi connectivity index (χ4v) is 3.05. The lowest BCUT2D eigenvalue weighted by Crippen LogP contribution is -2.37. The second kappa shape index (κ2) is 7.50. The van der Waals surface area contributed by atoms with E-state index >= 15 is 0 Å². The fourth-order valence-electron chi connectivity index (χ4n) is 3.05. The van der Waals surface area contributed by atoms with Gasteiger partial charge in [0.15, 0.2) is 5.43 Å². The quantitative estimate of drug-likeness (QED) is 0.691. The van der Waals surface area contributed by atoms with Gasteiger partial charge in [0.25, 0.3) is 0 Å². The van der Waals surface area contributed by atoms with E-state index in [1.807, 2.05) is 63.2 Å². The molecule has 0 atom stereocenters. The summed E-state index contributed by atoms with van der Waals surface area (Å²) in [7, 11) is 0. The normalized spacial score (nSPS) is 11.5. The van der Waals surface area contributed by atoms with E-state index in [-0.39, 0.29) is 12.0 Å². The van der Waals surface area contributed by atoms with E-state index in [1.165, 1.54) is 0 Å². The van der Waals surface area contributed by atoms with Crippen LogP contribution in [0.1, 0.15) is 37.6 Å². The molecule has 0 aliphatic carbocycles. The number of ether oxygens (including phenoxy) is 1. The molecule has 1 N–H and O–H groups in total. The number of hydrogen-bond acceptors (Lipinski definition) is 3. The van der Waals surface area contributed by atoms with Crippen LogP contribution in [-0.2, 0) is 11.3 Å². The molecule has 28 heavy (non-hydrogen) atoms. The number of amides is 1. The number of rotatable bonds is 3. The maximum atomic E-state index is 13.0. The Labute approximate surface area is 165 Å². The second-order valence-electron chi connectivity index (χ2n) is 8.00. The van der Waals surface area contributed by atoms with Crippen molar-refractivity contribution in [2.75, 3.05) is 4.90 Å². The number of fused-ring (bicyclic) bond motifs is 1. The molecular formula is C23H26N2O3. The monoisotopic (exact) mass is 378 g/mol. The first kappa shape index (κ1) is 19.7. The zero-order chi connectivity index (χ0) is 20.5. The van der Waals surface area contributed by atoms with E-state index in [2.05, 4.69) is 4.98 Å². The SMILES string of the molecule is Cc1c[nH]c(CN(C(=O)OC(C)(C)C)c2ccc3ccccc3c2)c(C)c1=O. The number of carbonyl (C=O) groups excluding carboxylic acids is 1. The molecule has 5 nitrogen and oxygen atoms in total. The molecule has 0 unspecified atom stereocenters. The van der Waals surface area contributed by atoms with Crippen molar-refractivity contribution >= 4 is 22.6 Å². The van der Waals surface area contributed by atoms with E-state index in [1.54, 1.807) is 24.9 Å². The largest absolute Gasteiger partial charge is 0.443 e. The number of benzene rings is 2. The summed E-state index contributed by atoms with van der Waals surface area (Å²) in [6.45, 7) is 9.27. The minimum absolute atomic E-state index is 0.0172. The highest BCUT2D eigenvalue weighted by Gasteiger charge is 2.25. The first-order valence-electron chi connectivity index (χ1n) is 9.33. The van der Waals surface area contributed by atoms with Crippen molar-refractivity contribution in [3.63, 3.8) is 0 Å². The van der Waals surface area contributed by atoms with Crippen molar-refractivity contribution in [2.45, 2.75) is 46.8 Å². The van der Waals surface area contributed by atoms with Gasteiger partial charge in [0.2, 0.25) is 0 Å². The van der Waals surface area contributed by atoms with Gasteiger partial charge in [-0.3, -0.25) is 9.69 Å². The zero-order valence-electron chi connectivity index (χ0n) is 17.0. The predicted molar refractivity (Wildman–Crippen MR) is 113 cm³/mol. The molecular weight excluding hydrogens is 352 g/mol. The van der Waals surface area contributed by atoms with E-state index in [0.717, 1.165) is 10.8 Å². The average molecular weight is 378 g/mol. The van der Waals surface area contributed by atoms with Gasteiger partial charge in [-0.05, 0) is 57.5 Å². The van der Waals surface area contributed by atoms with Crippen LogP contribution < -0.4 is 10.3 Å². The molecule has 5 heteroatoms. The molecule has 0 spiro atoms. The lowest BCUT2D eigenvalue weighted by molar-refractivity contribution is 0.0577. The summed E-state index contributed by atoms with van der Waals surface area (Å²) in [4.78, 5) is 30.0. The zero-order valence-corrected chi connectivity index (χ0v) is 17.0. The molecule has 3 aromatic rings. The number of aryl methyl sites for hydroxylation is 1. The van der Waals surface area contributed by atoms with Gasteiger partial charge in [-0.1, -0.05) is 30.3 Å². The van der Waals surface area contributed by atoms with Crippen LogP contribution in [0.2, 0.25) is 0 Å². The summed E-state index contributed by atoms with van der Waals surface area (Å²) in [5.41, 5.74) is 2.02. The smallest absolute Gasteiger partial charge is 0.415 e. The van der Waals surface area contributed by atoms with Crippen molar-refractivity contribution in [3.8, 4) is 0 Å². The Bertz CT molecular complexity index is 1080. The molecule has 0 aliphatic rings. The molecule has 3 rings (SSSR count). The van der Waals surface area contributed by atoms with Gasteiger partial charge in [0.1, 0.15) is 5.60 Å². The van der Waals surface area contributed by atoms with Gasteiger partial charge in [-0.2, -0.15) is 0 Å². The highest BCUT2D eigenvalue weighted by atomic mass is 16.6. The third-order valence-corrected chi connectivity index (χ3v) is 4.59. The Kier molecular flexibility index (Phi) is 5.27. The number of hydrogen-bond donors (Lipinski definition) is 1. The maximum absolute atomic E-state index is 13.0. The van der Waals surface area contributed by atoms with Gasteiger partial charge in [-0.15, -0.1) is 0 Å². The number of H-pyrrole nitrogens is 1. The summed E-state index contributed by atoms with van der Waals surface area (Å²) in [5.74, 6) is 0. The maximum Gasteiger partial charge on any atom is 0.415 e. The van der Waals surface area contributed by atoms with Gasteiger partial charge in [0, 0.05) is 28.7 Å². The van der Waals surface area contributed by atoms with Gasteiger partial charge in [0.05, 0.1) is 6.54 Å². The van der Waals surface area contributed by atoms with Gasteiger partial charge in [-0.25, -0.2) is 4.79 Å². The molecule has 1 heterocycles. The first-order valence-corrected chi connectivity index (χ1v) is 9.33. The standard InChI is InChI=1S/C23H26N2O3/c1-15-13-24-20(16(2)21(15)26)14-25(22(27)28-23(3,4)5)19-11-10-17-8-6-7-9-18(17)12-19/h6-13H,14H2,1-5H3,(H,24,26). The van der Waals surface area contributed by atoms with Crippen LogP contribution >= 0.6 is 0 Å². The number of aromatic amines is 1. The topological polar surface area (TPSA) is 62.4 Å². The third kappa shape index (κ3) is 4.25. The molecule has 1 amide bonds. The molecule has 0 saturated heterocycles. The molecule has 2 aromatic carbocycles. The van der Waals surface area contributed by atoms with E-state index < -0.39 is 11.7 Å². The van der Waals surface area contributed by atoms with Crippen LogP contribution in [0.4, 0.5) is 10.5 Å². The van der Waals surface area contributed by atoms with Crippen molar-refractivity contribution in [3.05, 3.63) is 75.7 Å². The summed E-state index contributed by atoms with van der Waals surface area (Å²) >= 11 is 0. The number of carbonyl (C=O) groups is 1. The fraction of sp³-hybridized carbons (Fsp3) is 0.304. The molecule has 0 radical (unpaired) electrons. The Morgan fingerprint density at radius 1 is 1.07 bits per heavy atom. The number of anilines is 1. The number of aromatic nitrogens is 1. The summed E-state index contributed by atoms with van der Waals surface area (Å²) in [6, 6.07) is 13.8. The summed E-state index contributed by atoms with van der Waals surface area (Å²) in [5, 5.41) is 2.12. The van der Waals surface area contributed by atoms with Crippen LogP contribution in [-0.4, -0.2) is 16.7 Å². The van der Waals surface area contributed by atoms with Crippen molar-refractivity contribution in [1.29, 1.82) is 0 Å². The summed E-state index contributed by atoms with van der Waals surface area (Å²) in [6.07, 6.45) is 1.22. The van der Waals surface area contributed by atoms with Crippen molar-refractivity contribution in [1.82, 2.24) is 4.98 Å². The molecule has 0 fully saturated rings. The Balaban J connectivity index is 2.05. The molecule has 0 saturated carbocycles. The molecule has 0 bridgehead atoms. The predicted octanol–water partition coefficient (Wildman–Crippen LogP) is 5.09. The highest BCUT2D eigenvalue weighted by Crippen LogP contribution is 2.25. The Hall–Kier alpha value is -3.08. The van der Waals surface area contributed by atoms with Crippen LogP contribution in [0.5, 0.6) is 0 Å². The lowest BCUT2D eigenvalue weighted by Gasteiger charge is -2.28. The number of nitrogens with zero attached hydrogens (tertiary/aromatic N) is 1. The highest BCUT2D eigenvalue weighted by molar-refractivity contribution is 5.93. The van der Waals surface area contributed by atoms with Crippen LogP contribution in [0.15, 0.2) is 53.5 Å². The first-order chi connectivity index (χ1) is 13.2. The minimum atomic E-state index is -0.623. The van der Waals surface area contributed by atoms with Crippen LogP contribution in [0.25, 0.3) is 10.8 Å². The lowest BCUT2D eigenvalue weighted by atomic mass is 10.1. The van der Waals surface area contributed by atoms with Crippen molar-refractivity contribution in [2.24, 2.45) is 0 Å². The Morgan fingerprint density at radius 2 is 1.75 bits per heavy atom. The van der Waals surface area contributed by atoms with Crippen LogP contribution in [0.3, 0.4) is 0 Å². The van der Waals surface area contributed by atoms with E-state index in [0.29, 0.717) is 22.5 Å². The number of pyridine rings is 1. The van der Waals surface area contributed by atoms with E-state index in [4.69, 9.17) is 4.74 Å². The van der Waals surface area contributed by atoms with Gasteiger partial charge >= 0.3 is 6.09 Å². The molecule has 0 aliphatic heterocycles. The van der Waals surface area contributed by atoms with Crippen molar-refractivity contribution < 1.29 is 9.53 Å². The summed E-state index contributed by atoms with van der Waals surface area (Å²) < 4.78 is 5.63. The van der Waals surface area contributed by atoms with Crippen LogP contribution in [0, 0.1) is 13.8 Å². The Morgan fingerprint density at radius 3 is 2.43 bits per heavy atom. The number of nitrogens with one attached hydrogen (secondary N) is 1. The van der Waals surface area contributed by atoms with Gasteiger partial charge < -0.3 is 9.72 Å². The minimum Gasteiger partial charge on any atom is -0.443 e. The van der Waals surface area contributed by atoms with E-state index in [9.17, 15) is 9.59 Å².